The van der Waals surface area contributed by atoms with E-state index in [2.05, 4.69) is 10.1 Å². The van der Waals surface area contributed by atoms with Crippen molar-refractivity contribution in [2.75, 3.05) is 7.11 Å². The molecule has 3 rings (SSSR count). The van der Waals surface area contributed by atoms with Crippen molar-refractivity contribution < 1.29 is 4.74 Å². The summed E-state index contributed by atoms with van der Waals surface area (Å²) in [5.41, 5.74) is 4.92. The van der Waals surface area contributed by atoms with E-state index in [1.54, 1.807) is 24.0 Å². The zero-order valence-corrected chi connectivity index (χ0v) is 10.4. The Labute approximate surface area is 102 Å². The van der Waals surface area contributed by atoms with Gasteiger partial charge in [0, 0.05) is 5.56 Å². The van der Waals surface area contributed by atoms with Crippen LogP contribution in [0.3, 0.4) is 0 Å². The van der Waals surface area contributed by atoms with Gasteiger partial charge in [0.15, 0.2) is 0 Å². The molecule has 5 heteroatoms. The molecule has 0 bridgehead atoms. The maximum Gasteiger partial charge on any atom is 0.212 e. The van der Waals surface area contributed by atoms with Crippen LogP contribution < -0.4 is 4.74 Å². The van der Waals surface area contributed by atoms with E-state index < -0.39 is 0 Å². The molecule has 0 aliphatic rings. The van der Waals surface area contributed by atoms with Gasteiger partial charge in [-0.2, -0.15) is 5.10 Å². The second-order valence-electron chi connectivity index (χ2n) is 3.71. The molecule has 0 amide bonds. The lowest BCUT2D eigenvalue weighted by molar-refractivity contribution is 0.415. The Kier molecular flexibility index (Phi) is 2.33. The van der Waals surface area contributed by atoms with Crippen LogP contribution in [0.5, 0.6) is 5.75 Å². The molecular formula is C12H11N3OS. The number of ether oxygens (including phenoxy) is 1. The molecule has 0 aliphatic heterocycles. The molecule has 0 spiro atoms. The molecule has 4 nitrogen and oxygen atoms in total. The number of fused-ring (bicyclic) bond motifs is 1. The summed E-state index contributed by atoms with van der Waals surface area (Å²) in [6.07, 6.45) is 0. The fourth-order valence-electron chi connectivity index (χ4n) is 1.82. The molecule has 0 saturated carbocycles. The molecule has 2 aromatic heterocycles. The van der Waals surface area contributed by atoms with Gasteiger partial charge in [0.25, 0.3) is 0 Å². The topological polar surface area (TPSA) is 39.4 Å². The maximum absolute atomic E-state index is 5.14. The molecule has 0 aliphatic carbocycles. The third kappa shape index (κ3) is 1.59. The molecule has 2 heterocycles. The Balaban J connectivity index is 2.12. The minimum Gasteiger partial charge on any atom is -0.497 e. The van der Waals surface area contributed by atoms with Crippen LogP contribution in [0.4, 0.5) is 0 Å². The first kappa shape index (κ1) is 10.3. The van der Waals surface area contributed by atoms with Gasteiger partial charge >= 0.3 is 0 Å². The minimum atomic E-state index is 0.852. The smallest absolute Gasteiger partial charge is 0.212 e. The van der Waals surface area contributed by atoms with Crippen LogP contribution in [0, 0.1) is 6.92 Å². The normalized spacial score (nSPS) is 10.9. The second kappa shape index (κ2) is 3.85. The molecule has 0 saturated heterocycles. The summed E-state index contributed by atoms with van der Waals surface area (Å²) < 4.78 is 7.01. The van der Waals surface area contributed by atoms with Gasteiger partial charge in [0.2, 0.25) is 4.96 Å². The first-order valence-corrected chi connectivity index (χ1v) is 6.11. The van der Waals surface area contributed by atoms with Crippen molar-refractivity contribution in [1.82, 2.24) is 14.6 Å². The lowest BCUT2D eigenvalue weighted by Crippen LogP contribution is -1.88. The molecule has 0 radical (unpaired) electrons. The van der Waals surface area contributed by atoms with Gasteiger partial charge in [0.05, 0.1) is 18.5 Å². The lowest BCUT2D eigenvalue weighted by atomic mass is 10.1. The number of nitrogens with zero attached hydrogens (tertiary/aromatic N) is 3. The number of hydrogen-bond donors (Lipinski definition) is 0. The number of imidazole rings is 1. The second-order valence-corrected chi connectivity index (χ2v) is 4.52. The first-order chi connectivity index (χ1) is 8.29. The molecule has 17 heavy (non-hydrogen) atoms. The van der Waals surface area contributed by atoms with Crippen molar-refractivity contribution in [3.63, 3.8) is 0 Å². The zero-order valence-electron chi connectivity index (χ0n) is 9.54. The third-order valence-corrected chi connectivity index (χ3v) is 3.41. The molecule has 86 valence electrons. The van der Waals surface area contributed by atoms with Crippen LogP contribution >= 0.6 is 11.3 Å². The summed E-state index contributed by atoms with van der Waals surface area (Å²) in [6, 6.07) is 7.90. The predicted molar refractivity (Wildman–Crippen MR) is 67.6 cm³/mol. The number of benzene rings is 1. The van der Waals surface area contributed by atoms with Crippen molar-refractivity contribution in [3.8, 4) is 17.0 Å². The van der Waals surface area contributed by atoms with Crippen LogP contribution in [0.1, 0.15) is 5.69 Å². The maximum atomic E-state index is 5.14. The van der Waals surface area contributed by atoms with Crippen molar-refractivity contribution in [2.45, 2.75) is 6.92 Å². The zero-order chi connectivity index (χ0) is 11.8. The van der Waals surface area contributed by atoms with E-state index in [1.807, 2.05) is 35.7 Å². The Bertz CT molecular complexity index is 654. The summed E-state index contributed by atoms with van der Waals surface area (Å²) in [4.78, 5) is 5.50. The molecule has 0 unspecified atom stereocenters. The molecule has 0 fully saturated rings. The van der Waals surface area contributed by atoms with Crippen LogP contribution in [0.15, 0.2) is 29.8 Å². The van der Waals surface area contributed by atoms with Gasteiger partial charge in [0.1, 0.15) is 11.3 Å². The van der Waals surface area contributed by atoms with Gasteiger partial charge in [-0.05, 0) is 31.2 Å². The standard InChI is InChI=1S/C12H11N3OS/c1-8-11(14-12-15(8)13-7-17-12)9-3-5-10(16-2)6-4-9/h3-7H,1-2H3. The van der Waals surface area contributed by atoms with Crippen LogP contribution in [-0.4, -0.2) is 21.7 Å². The molecule has 3 aromatic rings. The average Bonchev–Trinajstić information content (AvgIpc) is 2.93. The highest BCUT2D eigenvalue weighted by Crippen LogP contribution is 2.26. The Morgan fingerprint density at radius 3 is 2.65 bits per heavy atom. The summed E-state index contributed by atoms with van der Waals surface area (Å²) in [5.74, 6) is 0.852. The Hall–Kier alpha value is -1.88. The van der Waals surface area contributed by atoms with E-state index in [4.69, 9.17) is 4.74 Å². The van der Waals surface area contributed by atoms with E-state index in [0.29, 0.717) is 0 Å². The molecular weight excluding hydrogens is 234 g/mol. The fraction of sp³-hybridized carbons (Fsp3) is 0.167. The van der Waals surface area contributed by atoms with E-state index in [9.17, 15) is 0 Å². The SMILES string of the molecule is COc1ccc(-c2nc3scnn3c2C)cc1. The summed E-state index contributed by atoms with van der Waals surface area (Å²) in [7, 11) is 1.66. The van der Waals surface area contributed by atoms with Gasteiger partial charge in [-0.1, -0.05) is 11.3 Å². The Morgan fingerprint density at radius 1 is 1.24 bits per heavy atom. The number of rotatable bonds is 2. The average molecular weight is 245 g/mol. The van der Waals surface area contributed by atoms with Gasteiger partial charge in [-0.3, -0.25) is 0 Å². The number of methoxy groups -OCH3 is 1. The van der Waals surface area contributed by atoms with Gasteiger partial charge in [-0.25, -0.2) is 9.50 Å². The van der Waals surface area contributed by atoms with Gasteiger partial charge < -0.3 is 4.74 Å². The van der Waals surface area contributed by atoms with Gasteiger partial charge in [-0.15, -0.1) is 0 Å². The molecule has 0 N–H and O–H groups in total. The van der Waals surface area contributed by atoms with E-state index >= 15 is 0 Å². The van der Waals surface area contributed by atoms with E-state index in [0.717, 1.165) is 27.7 Å². The minimum absolute atomic E-state index is 0.852. The number of aromatic nitrogens is 3. The largest absolute Gasteiger partial charge is 0.497 e. The molecule has 1 aromatic carbocycles. The Morgan fingerprint density at radius 2 is 2.00 bits per heavy atom. The van der Waals surface area contributed by atoms with Crippen molar-refractivity contribution in [2.24, 2.45) is 0 Å². The first-order valence-electron chi connectivity index (χ1n) is 5.23. The predicted octanol–water partition coefficient (Wildman–Crippen LogP) is 2.77. The summed E-state index contributed by atoms with van der Waals surface area (Å²) >= 11 is 1.54. The van der Waals surface area contributed by atoms with Crippen molar-refractivity contribution >= 4 is 16.3 Å². The van der Waals surface area contributed by atoms with Crippen LogP contribution in [-0.2, 0) is 0 Å². The number of hydrogen-bond acceptors (Lipinski definition) is 4. The highest BCUT2D eigenvalue weighted by atomic mass is 32.1. The van der Waals surface area contributed by atoms with Crippen LogP contribution in [0.25, 0.3) is 16.2 Å². The lowest BCUT2D eigenvalue weighted by Gasteiger charge is -2.01. The van der Waals surface area contributed by atoms with Crippen molar-refractivity contribution in [1.29, 1.82) is 0 Å². The molecule has 0 atom stereocenters. The summed E-state index contributed by atoms with van der Waals surface area (Å²) in [5, 5.41) is 4.25. The quantitative estimate of drug-likeness (QED) is 0.697. The van der Waals surface area contributed by atoms with E-state index in [-0.39, 0.29) is 0 Å². The third-order valence-electron chi connectivity index (χ3n) is 2.73. The highest BCUT2D eigenvalue weighted by Gasteiger charge is 2.11. The monoisotopic (exact) mass is 245 g/mol. The summed E-state index contributed by atoms with van der Waals surface area (Å²) in [6.45, 7) is 2.03. The highest BCUT2D eigenvalue weighted by molar-refractivity contribution is 7.14. The fourth-order valence-corrected chi connectivity index (χ4v) is 2.48. The number of aryl methyl sites for hydroxylation is 1. The van der Waals surface area contributed by atoms with Crippen LogP contribution in [0.2, 0.25) is 0 Å². The van der Waals surface area contributed by atoms with E-state index in [1.165, 1.54) is 0 Å². The van der Waals surface area contributed by atoms with Crippen molar-refractivity contribution in [3.05, 3.63) is 35.5 Å².